The number of aliphatic hydroxyl groups is 1. The van der Waals surface area contributed by atoms with Crippen LogP contribution in [0.2, 0.25) is 5.02 Å². The Labute approximate surface area is 106 Å². The van der Waals surface area contributed by atoms with Crippen LogP contribution in [0.4, 0.5) is 5.69 Å². The smallest absolute Gasteiger partial charge is 0.270 e. The van der Waals surface area contributed by atoms with Gasteiger partial charge < -0.3 is 5.11 Å². The molecule has 1 aromatic carbocycles. The van der Waals surface area contributed by atoms with Crippen molar-refractivity contribution in [1.82, 2.24) is 5.43 Å². The first-order valence-corrected chi connectivity index (χ1v) is 5.94. The number of halogens is 1. The Morgan fingerprint density at radius 1 is 1.35 bits per heavy atom. The molecule has 0 heterocycles. The molecule has 0 bridgehead atoms. The van der Waals surface area contributed by atoms with E-state index in [1.54, 1.807) is 38.1 Å². The lowest BCUT2D eigenvalue weighted by Gasteiger charge is -2.24. The van der Waals surface area contributed by atoms with Crippen LogP contribution >= 0.6 is 11.6 Å². The Hall–Kier alpha value is -1.26. The van der Waals surface area contributed by atoms with E-state index in [2.05, 4.69) is 10.9 Å². The molecule has 4 nitrogen and oxygen atoms in total. The van der Waals surface area contributed by atoms with Gasteiger partial charge in [-0.2, -0.15) is 0 Å². The summed E-state index contributed by atoms with van der Waals surface area (Å²) < 4.78 is 0. The average molecular weight is 257 g/mol. The monoisotopic (exact) mass is 256 g/mol. The average Bonchev–Trinajstić information content (AvgIpc) is 2.36. The molecule has 0 saturated heterocycles. The zero-order valence-corrected chi connectivity index (χ0v) is 10.7. The van der Waals surface area contributed by atoms with Crippen LogP contribution in [-0.2, 0) is 4.79 Å². The van der Waals surface area contributed by atoms with Gasteiger partial charge in [-0.3, -0.25) is 15.6 Å². The van der Waals surface area contributed by atoms with Gasteiger partial charge in [0, 0.05) is 0 Å². The summed E-state index contributed by atoms with van der Waals surface area (Å²) in [4.78, 5) is 11.7. The zero-order valence-electron chi connectivity index (χ0n) is 9.96. The number of carbonyl (C=O) groups excluding carboxylic acids is 1. The maximum Gasteiger partial charge on any atom is 0.270 e. The fourth-order valence-corrected chi connectivity index (χ4v) is 1.56. The normalized spacial score (nSPS) is 11.1. The van der Waals surface area contributed by atoms with Crippen molar-refractivity contribution >= 4 is 23.2 Å². The molecular weight excluding hydrogens is 240 g/mol. The van der Waals surface area contributed by atoms with Crippen molar-refractivity contribution in [3.8, 4) is 0 Å². The molecule has 0 radical (unpaired) electrons. The molecule has 0 saturated carbocycles. The van der Waals surface area contributed by atoms with E-state index < -0.39 is 11.5 Å². The fraction of sp³-hybridized carbons (Fsp3) is 0.417. The van der Waals surface area contributed by atoms with Crippen molar-refractivity contribution in [2.75, 3.05) is 5.43 Å². The van der Waals surface area contributed by atoms with Crippen LogP contribution in [0.25, 0.3) is 0 Å². The molecule has 0 unspecified atom stereocenters. The molecule has 3 N–H and O–H groups in total. The Balaban J connectivity index is 2.63. The van der Waals surface area contributed by atoms with Crippen molar-refractivity contribution in [2.24, 2.45) is 0 Å². The van der Waals surface area contributed by atoms with Crippen molar-refractivity contribution in [1.29, 1.82) is 0 Å². The van der Waals surface area contributed by atoms with E-state index in [1.807, 2.05) is 0 Å². The third kappa shape index (κ3) is 3.35. The minimum atomic E-state index is -1.34. The zero-order chi connectivity index (χ0) is 12.9. The lowest BCUT2D eigenvalue weighted by molar-refractivity contribution is -0.139. The first kappa shape index (κ1) is 13.8. The van der Waals surface area contributed by atoms with Gasteiger partial charge in [-0.25, -0.2) is 0 Å². The lowest BCUT2D eigenvalue weighted by Crippen LogP contribution is -2.48. The highest BCUT2D eigenvalue weighted by Gasteiger charge is 2.31. The number of hydrogen-bond donors (Lipinski definition) is 3. The molecule has 0 spiro atoms. The topological polar surface area (TPSA) is 61.4 Å². The van der Waals surface area contributed by atoms with Crippen molar-refractivity contribution in [3.63, 3.8) is 0 Å². The number of benzene rings is 1. The van der Waals surface area contributed by atoms with Crippen LogP contribution in [0.15, 0.2) is 24.3 Å². The van der Waals surface area contributed by atoms with E-state index >= 15 is 0 Å². The predicted octanol–water partition coefficient (Wildman–Crippen LogP) is 2.33. The standard InChI is InChI=1S/C12H17ClN2O2/c1-3-12(17,4-2)11(16)15-14-10-8-6-5-7-9(10)13/h5-8,14,17H,3-4H2,1-2H3,(H,15,16). The molecule has 0 fully saturated rings. The first-order valence-electron chi connectivity index (χ1n) is 5.57. The molecule has 1 rings (SSSR count). The first-order chi connectivity index (χ1) is 8.03. The third-order valence-electron chi connectivity index (χ3n) is 2.78. The van der Waals surface area contributed by atoms with Gasteiger partial charge >= 0.3 is 0 Å². The van der Waals surface area contributed by atoms with Crippen LogP contribution in [-0.4, -0.2) is 16.6 Å². The summed E-state index contributed by atoms with van der Waals surface area (Å²) >= 11 is 5.91. The summed E-state index contributed by atoms with van der Waals surface area (Å²) in [5, 5.41) is 10.5. The van der Waals surface area contributed by atoms with Gasteiger partial charge in [-0.15, -0.1) is 0 Å². The molecule has 17 heavy (non-hydrogen) atoms. The van der Waals surface area contributed by atoms with E-state index in [-0.39, 0.29) is 0 Å². The van der Waals surface area contributed by atoms with Crippen molar-refractivity contribution in [2.45, 2.75) is 32.3 Å². The molecule has 1 aromatic rings. The maximum absolute atomic E-state index is 11.7. The summed E-state index contributed by atoms with van der Waals surface area (Å²) in [6.45, 7) is 3.52. The Kier molecular flexibility index (Phi) is 4.78. The van der Waals surface area contributed by atoms with Crippen LogP contribution in [0, 0.1) is 0 Å². The Morgan fingerprint density at radius 3 is 2.47 bits per heavy atom. The number of hydrazine groups is 1. The molecule has 0 aromatic heterocycles. The van der Waals surface area contributed by atoms with E-state index in [9.17, 15) is 9.90 Å². The molecule has 94 valence electrons. The van der Waals surface area contributed by atoms with Crippen LogP contribution in [0.5, 0.6) is 0 Å². The Bertz CT molecular complexity index is 392. The highest BCUT2D eigenvalue weighted by Crippen LogP contribution is 2.20. The van der Waals surface area contributed by atoms with Crippen molar-refractivity contribution < 1.29 is 9.90 Å². The van der Waals surface area contributed by atoms with Gasteiger partial charge in [0.25, 0.3) is 5.91 Å². The van der Waals surface area contributed by atoms with E-state index in [4.69, 9.17) is 11.6 Å². The van der Waals surface area contributed by atoms with Gasteiger partial charge in [0.1, 0.15) is 5.60 Å². The molecule has 0 aliphatic carbocycles. The highest BCUT2D eigenvalue weighted by atomic mass is 35.5. The quantitative estimate of drug-likeness (QED) is 0.709. The van der Waals surface area contributed by atoms with E-state index in [0.717, 1.165) is 0 Å². The summed E-state index contributed by atoms with van der Waals surface area (Å²) in [6.07, 6.45) is 0.721. The highest BCUT2D eigenvalue weighted by molar-refractivity contribution is 6.33. The van der Waals surface area contributed by atoms with Gasteiger partial charge in [0.05, 0.1) is 10.7 Å². The minimum Gasteiger partial charge on any atom is -0.380 e. The second-order valence-electron chi connectivity index (χ2n) is 3.80. The van der Waals surface area contributed by atoms with Gasteiger partial charge in [0.2, 0.25) is 0 Å². The fourth-order valence-electron chi connectivity index (χ4n) is 1.37. The number of amides is 1. The molecule has 5 heteroatoms. The second kappa shape index (κ2) is 5.89. The lowest BCUT2D eigenvalue weighted by atomic mass is 9.97. The van der Waals surface area contributed by atoms with Crippen LogP contribution in [0.1, 0.15) is 26.7 Å². The summed E-state index contributed by atoms with van der Waals surface area (Å²) in [7, 11) is 0. The SMILES string of the molecule is CCC(O)(CC)C(=O)NNc1ccccc1Cl. The van der Waals surface area contributed by atoms with Gasteiger partial charge in [-0.05, 0) is 25.0 Å². The molecule has 0 atom stereocenters. The summed E-state index contributed by atoms with van der Waals surface area (Å²) in [6, 6.07) is 7.04. The maximum atomic E-state index is 11.7. The number of hydrogen-bond acceptors (Lipinski definition) is 3. The van der Waals surface area contributed by atoms with Crippen LogP contribution < -0.4 is 10.9 Å². The third-order valence-corrected chi connectivity index (χ3v) is 3.11. The van der Waals surface area contributed by atoms with Crippen molar-refractivity contribution in [3.05, 3.63) is 29.3 Å². The number of para-hydroxylation sites is 1. The number of nitrogens with one attached hydrogen (secondary N) is 2. The number of carbonyl (C=O) groups is 1. The molecular formula is C12H17ClN2O2. The van der Waals surface area contributed by atoms with E-state index in [1.165, 1.54) is 0 Å². The Morgan fingerprint density at radius 2 is 1.94 bits per heavy atom. The second-order valence-corrected chi connectivity index (χ2v) is 4.20. The minimum absolute atomic E-state index is 0.361. The van der Waals surface area contributed by atoms with E-state index in [0.29, 0.717) is 23.6 Å². The number of rotatable bonds is 5. The molecule has 0 aliphatic rings. The van der Waals surface area contributed by atoms with Crippen LogP contribution in [0.3, 0.4) is 0 Å². The summed E-state index contributed by atoms with van der Waals surface area (Å²) in [5.41, 5.74) is 4.41. The molecule has 0 aliphatic heterocycles. The molecule has 1 amide bonds. The summed E-state index contributed by atoms with van der Waals surface area (Å²) in [5.74, 6) is -0.456. The largest absolute Gasteiger partial charge is 0.380 e. The van der Waals surface area contributed by atoms with Gasteiger partial charge in [0.15, 0.2) is 0 Å². The predicted molar refractivity (Wildman–Crippen MR) is 68.7 cm³/mol. The number of anilines is 1. The van der Waals surface area contributed by atoms with Gasteiger partial charge in [-0.1, -0.05) is 37.6 Å².